The van der Waals surface area contributed by atoms with Gasteiger partial charge in [-0.2, -0.15) is 0 Å². The van der Waals surface area contributed by atoms with Crippen molar-refractivity contribution in [2.75, 3.05) is 38.1 Å². The van der Waals surface area contributed by atoms with Gasteiger partial charge < -0.3 is 15.5 Å². The molecule has 0 amide bonds. The maximum Gasteiger partial charge on any atom is 0.0539 e. The van der Waals surface area contributed by atoms with Crippen molar-refractivity contribution < 1.29 is 0 Å². The van der Waals surface area contributed by atoms with Gasteiger partial charge in [0, 0.05) is 30.3 Å². The molecule has 1 saturated heterocycles. The number of halogens is 1. The Kier molecular flexibility index (Phi) is 4.26. The van der Waals surface area contributed by atoms with E-state index in [-0.39, 0.29) is 0 Å². The van der Waals surface area contributed by atoms with Crippen LogP contribution in [0.4, 0.5) is 5.69 Å². The molecule has 0 aliphatic carbocycles. The number of hydrogen-bond acceptors (Lipinski definition) is 3. The Hall–Kier alpha value is -0.770. The first-order chi connectivity index (χ1) is 8.20. The first kappa shape index (κ1) is 12.7. The number of rotatable bonds is 2. The van der Waals surface area contributed by atoms with Crippen molar-refractivity contribution in [3.8, 4) is 0 Å². The quantitative estimate of drug-likeness (QED) is 0.873. The van der Waals surface area contributed by atoms with E-state index in [0.717, 1.165) is 24.7 Å². The normalized spacial score (nSPS) is 22.5. The first-order valence-corrected chi connectivity index (χ1v) is 6.49. The van der Waals surface area contributed by atoms with Crippen LogP contribution in [0.3, 0.4) is 0 Å². The minimum atomic E-state index is 0.392. The van der Waals surface area contributed by atoms with Crippen LogP contribution in [0.15, 0.2) is 24.3 Å². The first-order valence-electron chi connectivity index (χ1n) is 6.11. The molecule has 0 radical (unpaired) electrons. The summed E-state index contributed by atoms with van der Waals surface area (Å²) in [7, 11) is 2.16. The van der Waals surface area contributed by atoms with E-state index in [4.69, 9.17) is 17.3 Å². The molecule has 4 heteroatoms. The zero-order valence-corrected chi connectivity index (χ0v) is 11.0. The van der Waals surface area contributed by atoms with Crippen LogP contribution < -0.4 is 10.6 Å². The van der Waals surface area contributed by atoms with E-state index in [1.807, 2.05) is 12.1 Å². The van der Waals surface area contributed by atoms with Gasteiger partial charge in [-0.15, -0.1) is 0 Å². The Bertz CT molecular complexity index is 352. The van der Waals surface area contributed by atoms with Crippen LogP contribution in [0.1, 0.15) is 6.42 Å². The highest BCUT2D eigenvalue weighted by Crippen LogP contribution is 2.22. The third-order valence-corrected chi connectivity index (χ3v) is 3.58. The number of hydrogen-bond donors (Lipinski definition) is 1. The maximum atomic E-state index is 5.92. The van der Waals surface area contributed by atoms with Crippen LogP contribution in [-0.4, -0.2) is 44.2 Å². The minimum absolute atomic E-state index is 0.392. The van der Waals surface area contributed by atoms with Crippen molar-refractivity contribution in [1.29, 1.82) is 0 Å². The topological polar surface area (TPSA) is 32.5 Å². The van der Waals surface area contributed by atoms with Crippen LogP contribution in [0, 0.1) is 0 Å². The fraction of sp³-hybridized carbons (Fsp3) is 0.538. The van der Waals surface area contributed by atoms with Crippen molar-refractivity contribution in [3.63, 3.8) is 0 Å². The van der Waals surface area contributed by atoms with E-state index in [1.165, 1.54) is 12.1 Å². The van der Waals surface area contributed by atoms with E-state index in [1.54, 1.807) is 0 Å². The van der Waals surface area contributed by atoms with Gasteiger partial charge in [-0.25, -0.2) is 0 Å². The number of nitrogens with two attached hydrogens (primary N) is 1. The lowest BCUT2D eigenvalue weighted by Crippen LogP contribution is -2.45. The molecule has 0 bridgehead atoms. The Morgan fingerprint density at radius 3 is 2.65 bits per heavy atom. The molecule has 1 aliphatic heterocycles. The van der Waals surface area contributed by atoms with Crippen molar-refractivity contribution in [2.24, 2.45) is 5.73 Å². The van der Waals surface area contributed by atoms with E-state index < -0.39 is 0 Å². The molecule has 0 saturated carbocycles. The average molecular weight is 254 g/mol. The largest absolute Gasteiger partial charge is 0.366 e. The molecule has 17 heavy (non-hydrogen) atoms. The van der Waals surface area contributed by atoms with E-state index in [0.29, 0.717) is 12.6 Å². The summed E-state index contributed by atoms with van der Waals surface area (Å²) in [5, 5.41) is 0.782. The highest BCUT2D eigenvalue weighted by atomic mass is 35.5. The predicted molar refractivity (Wildman–Crippen MR) is 73.8 cm³/mol. The number of likely N-dealkylation sites (N-methyl/N-ethyl adjacent to an activating group) is 1. The van der Waals surface area contributed by atoms with Crippen LogP contribution >= 0.6 is 11.6 Å². The monoisotopic (exact) mass is 253 g/mol. The minimum Gasteiger partial charge on any atom is -0.366 e. The van der Waals surface area contributed by atoms with E-state index in [9.17, 15) is 0 Å². The maximum absolute atomic E-state index is 5.92. The average Bonchev–Trinajstić information content (AvgIpc) is 2.52. The lowest BCUT2D eigenvalue weighted by atomic mass is 10.2. The zero-order chi connectivity index (χ0) is 12.3. The van der Waals surface area contributed by atoms with Gasteiger partial charge in [0.15, 0.2) is 0 Å². The molecule has 1 heterocycles. The number of benzene rings is 1. The molecule has 1 aromatic rings. The molecule has 2 rings (SSSR count). The molecule has 1 atom stereocenters. The summed E-state index contributed by atoms with van der Waals surface area (Å²) in [6.07, 6.45) is 1.18. The molecule has 3 nitrogen and oxygen atoms in total. The SMILES string of the molecule is CN1CCCN(c2ccc(Cl)cc2)C(CN)C1. The Balaban J connectivity index is 2.19. The molecule has 1 aromatic carbocycles. The van der Waals surface area contributed by atoms with Crippen LogP contribution in [0.25, 0.3) is 0 Å². The standard InChI is InChI=1S/C13H20ClN3/c1-16-7-2-8-17(13(9-15)10-16)12-5-3-11(14)4-6-12/h3-6,13H,2,7-10,15H2,1H3. The summed E-state index contributed by atoms with van der Waals surface area (Å²) in [6, 6.07) is 8.44. The summed E-state index contributed by atoms with van der Waals surface area (Å²) in [5.74, 6) is 0. The van der Waals surface area contributed by atoms with Crippen molar-refractivity contribution >= 4 is 17.3 Å². The van der Waals surface area contributed by atoms with Gasteiger partial charge in [-0.05, 0) is 44.3 Å². The molecular weight excluding hydrogens is 234 g/mol. The summed E-state index contributed by atoms with van der Waals surface area (Å²) >= 11 is 5.92. The lowest BCUT2D eigenvalue weighted by Gasteiger charge is -2.32. The molecule has 1 fully saturated rings. The van der Waals surface area contributed by atoms with Gasteiger partial charge in [0.05, 0.1) is 6.04 Å². The Labute approximate surface area is 108 Å². The van der Waals surface area contributed by atoms with E-state index >= 15 is 0 Å². The number of anilines is 1. The Morgan fingerprint density at radius 2 is 2.00 bits per heavy atom. The third-order valence-electron chi connectivity index (χ3n) is 3.33. The second kappa shape index (κ2) is 5.71. The molecule has 1 aliphatic rings. The fourth-order valence-corrected chi connectivity index (χ4v) is 2.54. The second-order valence-electron chi connectivity index (χ2n) is 4.68. The fourth-order valence-electron chi connectivity index (χ4n) is 2.42. The van der Waals surface area contributed by atoms with Crippen LogP contribution in [0.5, 0.6) is 0 Å². The van der Waals surface area contributed by atoms with Crippen molar-refractivity contribution in [1.82, 2.24) is 4.90 Å². The van der Waals surface area contributed by atoms with Gasteiger partial charge in [-0.1, -0.05) is 11.6 Å². The third kappa shape index (κ3) is 3.12. The zero-order valence-electron chi connectivity index (χ0n) is 10.3. The summed E-state index contributed by atoms with van der Waals surface area (Å²) in [4.78, 5) is 4.76. The highest BCUT2D eigenvalue weighted by molar-refractivity contribution is 6.30. The smallest absolute Gasteiger partial charge is 0.0539 e. The molecular formula is C13H20ClN3. The predicted octanol–water partition coefficient (Wildman–Crippen LogP) is 1.81. The Morgan fingerprint density at radius 1 is 1.29 bits per heavy atom. The molecule has 94 valence electrons. The van der Waals surface area contributed by atoms with Gasteiger partial charge in [0.1, 0.15) is 0 Å². The lowest BCUT2D eigenvalue weighted by molar-refractivity contribution is 0.332. The summed E-state index contributed by atoms with van der Waals surface area (Å²) in [6.45, 7) is 3.92. The summed E-state index contributed by atoms with van der Waals surface area (Å²) in [5.41, 5.74) is 7.12. The van der Waals surface area contributed by atoms with E-state index in [2.05, 4.69) is 29.0 Å². The molecule has 0 aromatic heterocycles. The van der Waals surface area contributed by atoms with Gasteiger partial charge in [0.25, 0.3) is 0 Å². The van der Waals surface area contributed by atoms with Gasteiger partial charge in [-0.3, -0.25) is 0 Å². The van der Waals surface area contributed by atoms with Crippen LogP contribution in [-0.2, 0) is 0 Å². The molecule has 0 spiro atoms. The number of nitrogens with zero attached hydrogens (tertiary/aromatic N) is 2. The molecule has 1 unspecified atom stereocenters. The van der Waals surface area contributed by atoms with Crippen molar-refractivity contribution in [3.05, 3.63) is 29.3 Å². The van der Waals surface area contributed by atoms with Gasteiger partial charge in [0.2, 0.25) is 0 Å². The highest BCUT2D eigenvalue weighted by Gasteiger charge is 2.22. The van der Waals surface area contributed by atoms with Crippen molar-refractivity contribution in [2.45, 2.75) is 12.5 Å². The summed E-state index contributed by atoms with van der Waals surface area (Å²) < 4.78 is 0. The second-order valence-corrected chi connectivity index (χ2v) is 5.11. The van der Waals surface area contributed by atoms with Crippen LogP contribution in [0.2, 0.25) is 5.02 Å². The molecule has 2 N–H and O–H groups in total. The van der Waals surface area contributed by atoms with Gasteiger partial charge >= 0.3 is 0 Å².